The fourth-order valence-corrected chi connectivity index (χ4v) is 3.68. The molecule has 2 aromatic carbocycles. The molecule has 3 rings (SSSR count). The van der Waals surface area contributed by atoms with Crippen LogP contribution >= 0.6 is 23.2 Å². The van der Waals surface area contributed by atoms with E-state index in [0.717, 1.165) is 12.1 Å². The molecule has 1 heterocycles. The number of hydrogen-bond donors (Lipinski definition) is 1. The Hall–Kier alpha value is -2.25. The van der Waals surface area contributed by atoms with E-state index in [9.17, 15) is 22.8 Å². The van der Waals surface area contributed by atoms with Gasteiger partial charge in [0, 0.05) is 29.7 Å². The fourth-order valence-electron chi connectivity index (χ4n) is 3.20. The van der Waals surface area contributed by atoms with Crippen LogP contribution in [0.2, 0.25) is 10.0 Å². The highest BCUT2D eigenvalue weighted by atomic mass is 35.5. The minimum Gasteiger partial charge on any atom is -0.339 e. The monoisotopic (exact) mass is 444 g/mol. The Morgan fingerprint density at radius 3 is 2.34 bits per heavy atom. The van der Waals surface area contributed by atoms with Gasteiger partial charge >= 0.3 is 6.18 Å². The van der Waals surface area contributed by atoms with Crippen molar-refractivity contribution in [2.75, 3.05) is 18.4 Å². The molecule has 9 heteroatoms. The van der Waals surface area contributed by atoms with Gasteiger partial charge in [0.1, 0.15) is 0 Å². The van der Waals surface area contributed by atoms with Crippen LogP contribution in [0.5, 0.6) is 0 Å². The zero-order chi connectivity index (χ0) is 21.2. The number of nitrogens with one attached hydrogen (secondary N) is 1. The van der Waals surface area contributed by atoms with E-state index in [4.69, 9.17) is 23.2 Å². The maximum absolute atomic E-state index is 12.8. The van der Waals surface area contributed by atoms with Gasteiger partial charge in [-0.2, -0.15) is 13.2 Å². The van der Waals surface area contributed by atoms with Gasteiger partial charge in [0.05, 0.1) is 16.1 Å². The van der Waals surface area contributed by atoms with E-state index in [1.807, 2.05) is 0 Å². The van der Waals surface area contributed by atoms with E-state index in [-0.39, 0.29) is 22.5 Å². The minimum absolute atomic E-state index is 0.0938. The van der Waals surface area contributed by atoms with Crippen molar-refractivity contribution in [3.63, 3.8) is 0 Å². The largest absolute Gasteiger partial charge is 0.416 e. The molecule has 1 fully saturated rings. The Labute approximate surface area is 175 Å². The van der Waals surface area contributed by atoms with Crippen LogP contribution in [-0.2, 0) is 11.0 Å². The van der Waals surface area contributed by atoms with Crippen LogP contribution in [0.1, 0.15) is 28.8 Å². The molecule has 0 aromatic heterocycles. The van der Waals surface area contributed by atoms with Crippen molar-refractivity contribution >= 4 is 40.7 Å². The highest BCUT2D eigenvalue weighted by Gasteiger charge is 2.31. The van der Waals surface area contributed by atoms with Crippen LogP contribution in [0.3, 0.4) is 0 Å². The number of benzene rings is 2. The Bertz CT molecular complexity index is 926. The van der Waals surface area contributed by atoms with Crippen LogP contribution in [0.15, 0.2) is 42.5 Å². The van der Waals surface area contributed by atoms with Crippen molar-refractivity contribution in [1.29, 1.82) is 0 Å². The maximum Gasteiger partial charge on any atom is 0.416 e. The third-order valence-corrected chi connectivity index (χ3v) is 5.32. The van der Waals surface area contributed by atoms with Crippen molar-refractivity contribution in [1.82, 2.24) is 4.90 Å². The van der Waals surface area contributed by atoms with E-state index in [1.54, 1.807) is 17.0 Å². The number of anilines is 1. The summed E-state index contributed by atoms with van der Waals surface area (Å²) in [6, 6.07) is 9.13. The average Bonchev–Trinajstić information content (AvgIpc) is 2.67. The van der Waals surface area contributed by atoms with E-state index in [1.165, 1.54) is 18.2 Å². The van der Waals surface area contributed by atoms with Crippen LogP contribution in [-0.4, -0.2) is 29.8 Å². The molecule has 1 N–H and O–H groups in total. The van der Waals surface area contributed by atoms with Gasteiger partial charge in [-0.05, 0) is 49.2 Å². The zero-order valence-corrected chi connectivity index (χ0v) is 16.6. The first-order valence-electron chi connectivity index (χ1n) is 8.87. The molecule has 0 radical (unpaired) electrons. The standard InChI is InChI=1S/C20H17Cl2F3N2O2/c21-14-4-5-16(17(22)11-14)19(29)27-8-6-12(7-9-27)18(28)26-15-3-1-2-13(10-15)20(23,24)25/h1-5,10-12H,6-9H2,(H,26,28). The van der Waals surface area contributed by atoms with Gasteiger partial charge in [-0.3, -0.25) is 9.59 Å². The number of piperidine rings is 1. The number of nitrogens with zero attached hydrogens (tertiary/aromatic N) is 1. The molecule has 0 saturated carbocycles. The Morgan fingerprint density at radius 1 is 1.03 bits per heavy atom. The second-order valence-electron chi connectivity index (χ2n) is 6.76. The van der Waals surface area contributed by atoms with E-state index in [2.05, 4.69) is 5.32 Å². The molecule has 154 valence electrons. The van der Waals surface area contributed by atoms with Crippen molar-refractivity contribution < 1.29 is 22.8 Å². The van der Waals surface area contributed by atoms with Crippen LogP contribution in [0.4, 0.5) is 18.9 Å². The van der Waals surface area contributed by atoms with Gasteiger partial charge in [-0.1, -0.05) is 29.3 Å². The van der Waals surface area contributed by atoms with Gasteiger partial charge in [0.25, 0.3) is 5.91 Å². The first-order valence-corrected chi connectivity index (χ1v) is 9.63. The summed E-state index contributed by atoms with van der Waals surface area (Å²) < 4.78 is 38.4. The molecule has 1 aliphatic rings. The highest BCUT2D eigenvalue weighted by Crippen LogP contribution is 2.31. The number of halogens is 5. The second-order valence-corrected chi connectivity index (χ2v) is 7.60. The smallest absolute Gasteiger partial charge is 0.339 e. The van der Waals surface area contributed by atoms with Crippen molar-refractivity contribution in [3.05, 3.63) is 63.6 Å². The Morgan fingerprint density at radius 2 is 1.72 bits per heavy atom. The quantitative estimate of drug-likeness (QED) is 0.678. The van der Waals surface area contributed by atoms with Crippen LogP contribution in [0.25, 0.3) is 0 Å². The number of alkyl halides is 3. The lowest BCUT2D eigenvalue weighted by molar-refractivity contribution is -0.137. The molecule has 0 atom stereocenters. The topological polar surface area (TPSA) is 49.4 Å². The lowest BCUT2D eigenvalue weighted by Crippen LogP contribution is -2.41. The number of likely N-dealkylation sites (tertiary alicyclic amines) is 1. The molecular weight excluding hydrogens is 428 g/mol. The molecule has 2 amide bonds. The predicted octanol–water partition coefficient (Wildman–Crippen LogP) is 5.50. The van der Waals surface area contributed by atoms with Crippen molar-refractivity contribution in [2.24, 2.45) is 5.92 Å². The number of carbonyl (C=O) groups excluding carboxylic acids is 2. The van der Waals surface area contributed by atoms with Gasteiger partial charge in [0.2, 0.25) is 5.91 Å². The summed E-state index contributed by atoms with van der Waals surface area (Å²) in [5.41, 5.74) is -0.394. The second kappa shape index (κ2) is 8.63. The van der Waals surface area contributed by atoms with Crippen molar-refractivity contribution in [3.8, 4) is 0 Å². The van der Waals surface area contributed by atoms with Gasteiger partial charge in [-0.15, -0.1) is 0 Å². The number of carbonyl (C=O) groups is 2. The Kier molecular flexibility index (Phi) is 6.39. The maximum atomic E-state index is 12.8. The summed E-state index contributed by atoms with van der Waals surface area (Å²) in [6.07, 6.45) is -3.67. The molecule has 1 saturated heterocycles. The summed E-state index contributed by atoms with van der Waals surface area (Å²) in [6.45, 7) is 0.691. The molecule has 2 aromatic rings. The van der Waals surface area contributed by atoms with Crippen LogP contribution < -0.4 is 5.32 Å². The van der Waals surface area contributed by atoms with Gasteiger partial charge in [-0.25, -0.2) is 0 Å². The summed E-state index contributed by atoms with van der Waals surface area (Å²) >= 11 is 11.9. The summed E-state index contributed by atoms with van der Waals surface area (Å²) in [7, 11) is 0. The molecule has 0 aliphatic carbocycles. The molecule has 1 aliphatic heterocycles. The zero-order valence-electron chi connectivity index (χ0n) is 15.1. The molecule has 0 bridgehead atoms. The van der Waals surface area contributed by atoms with Gasteiger partial charge in [0.15, 0.2) is 0 Å². The average molecular weight is 445 g/mol. The SMILES string of the molecule is O=C(Nc1cccc(C(F)(F)F)c1)C1CCN(C(=O)c2ccc(Cl)cc2Cl)CC1. The van der Waals surface area contributed by atoms with E-state index < -0.39 is 17.7 Å². The Balaban J connectivity index is 1.59. The summed E-state index contributed by atoms with van der Waals surface area (Å²) in [5, 5.41) is 3.22. The van der Waals surface area contributed by atoms with E-state index in [0.29, 0.717) is 36.5 Å². The fraction of sp³-hybridized carbons (Fsp3) is 0.300. The molecular formula is C20H17Cl2F3N2O2. The minimum atomic E-state index is -4.48. The van der Waals surface area contributed by atoms with E-state index >= 15 is 0 Å². The molecule has 4 nitrogen and oxygen atoms in total. The van der Waals surface area contributed by atoms with Crippen LogP contribution in [0, 0.1) is 5.92 Å². The van der Waals surface area contributed by atoms with Gasteiger partial charge < -0.3 is 10.2 Å². The number of hydrogen-bond acceptors (Lipinski definition) is 2. The molecule has 29 heavy (non-hydrogen) atoms. The number of amides is 2. The molecule has 0 spiro atoms. The first kappa shape index (κ1) is 21.5. The first-order chi connectivity index (χ1) is 13.6. The summed E-state index contributed by atoms with van der Waals surface area (Å²) in [4.78, 5) is 26.7. The normalized spacial score (nSPS) is 15.3. The lowest BCUT2D eigenvalue weighted by Gasteiger charge is -2.31. The summed E-state index contributed by atoms with van der Waals surface area (Å²) in [5.74, 6) is -1.00. The van der Waals surface area contributed by atoms with Crippen molar-refractivity contribution in [2.45, 2.75) is 19.0 Å². The third kappa shape index (κ3) is 5.22. The highest BCUT2D eigenvalue weighted by molar-refractivity contribution is 6.36. The number of rotatable bonds is 3. The lowest BCUT2D eigenvalue weighted by atomic mass is 9.95. The predicted molar refractivity (Wildman–Crippen MR) is 105 cm³/mol. The molecule has 0 unspecified atom stereocenters. The third-order valence-electron chi connectivity index (χ3n) is 4.77.